The smallest absolute Gasteiger partial charge is 0.146 e. The van der Waals surface area contributed by atoms with Crippen LogP contribution < -0.4 is 10.5 Å². The van der Waals surface area contributed by atoms with Gasteiger partial charge in [-0.05, 0) is 12.1 Å². The topological polar surface area (TPSA) is 53.1 Å². The molecule has 0 amide bonds. The highest BCUT2D eigenvalue weighted by atomic mass is 79.9. The second-order valence-electron chi connectivity index (χ2n) is 3.55. The van der Waals surface area contributed by atoms with E-state index in [1.54, 1.807) is 31.0 Å². The van der Waals surface area contributed by atoms with Gasteiger partial charge in [0.1, 0.15) is 11.6 Å². The summed E-state index contributed by atoms with van der Waals surface area (Å²) in [5.41, 5.74) is 7.29. The Morgan fingerprint density at radius 1 is 1.41 bits per heavy atom. The predicted molar refractivity (Wildman–Crippen MR) is 72.3 cm³/mol. The first kappa shape index (κ1) is 12.3. The van der Waals surface area contributed by atoms with Gasteiger partial charge >= 0.3 is 0 Å². The Morgan fingerprint density at radius 3 is 2.65 bits per heavy atom. The van der Waals surface area contributed by atoms with Crippen molar-refractivity contribution in [3.63, 3.8) is 0 Å². The quantitative estimate of drug-likeness (QED) is 0.926. The highest BCUT2D eigenvalue weighted by Gasteiger charge is 2.14. The zero-order valence-corrected chi connectivity index (χ0v) is 11.7. The second kappa shape index (κ2) is 4.58. The summed E-state index contributed by atoms with van der Waals surface area (Å²) >= 11 is 9.50. The monoisotopic (exact) mass is 315 g/mol. The van der Waals surface area contributed by atoms with E-state index in [1.165, 1.54) is 0 Å². The molecule has 1 aromatic heterocycles. The minimum absolute atomic E-state index is 0.529. The van der Waals surface area contributed by atoms with Crippen LogP contribution in [0.1, 0.15) is 0 Å². The van der Waals surface area contributed by atoms with Crippen molar-refractivity contribution in [2.24, 2.45) is 7.05 Å². The molecule has 0 bridgehead atoms. The maximum absolute atomic E-state index is 6.11. The fourth-order valence-electron chi connectivity index (χ4n) is 1.57. The van der Waals surface area contributed by atoms with Crippen molar-refractivity contribution >= 4 is 33.3 Å². The third-order valence-corrected chi connectivity index (χ3v) is 3.14. The predicted octanol–water partition coefficient (Wildman–Crippen LogP) is 3.09. The highest BCUT2D eigenvalue weighted by Crippen LogP contribution is 2.38. The molecule has 0 atom stereocenters. The molecule has 0 saturated heterocycles. The van der Waals surface area contributed by atoms with Crippen molar-refractivity contribution in [2.75, 3.05) is 12.8 Å². The van der Waals surface area contributed by atoms with Crippen LogP contribution in [0.4, 0.5) is 5.82 Å². The Kier molecular flexibility index (Phi) is 3.31. The number of nitrogens with zero attached hydrogens (tertiary/aromatic N) is 2. The molecular formula is C11H11BrClN3O. The van der Waals surface area contributed by atoms with Gasteiger partial charge in [0.25, 0.3) is 0 Å². The van der Waals surface area contributed by atoms with E-state index in [1.807, 2.05) is 6.07 Å². The first-order valence-corrected chi connectivity index (χ1v) is 6.03. The van der Waals surface area contributed by atoms with Gasteiger partial charge < -0.3 is 10.5 Å². The largest absolute Gasteiger partial charge is 0.494 e. The molecular weight excluding hydrogens is 305 g/mol. The van der Waals surface area contributed by atoms with Gasteiger partial charge in [-0.2, -0.15) is 5.10 Å². The van der Waals surface area contributed by atoms with Crippen molar-refractivity contribution in [2.45, 2.75) is 0 Å². The fourth-order valence-corrected chi connectivity index (χ4v) is 2.46. The van der Waals surface area contributed by atoms with Crippen molar-refractivity contribution < 1.29 is 4.74 Å². The van der Waals surface area contributed by atoms with E-state index in [0.29, 0.717) is 16.6 Å². The van der Waals surface area contributed by atoms with Gasteiger partial charge in [-0.15, -0.1) is 0 Å². The van der Waals surface area contributed by atoms with Gasteiger partial charge in [-0.3, -0.25) is 4.68 Å². The van der Waals surface area contributed by atoms with Crippen molar-refractivity contribution in [3.8, 4) is 17.0 Å². The minimum atomic E-state index is 0.529. The number of nitrogens with two attached hydrogens (primary N) is 1. The standard InChI is InChI=1S/C11H11BrClN3O/c1-16-10(14)5-9(15-16)7-3-6(12)4-8(13)11(7)17-2/h3-5H,14H2,1-2H3. The van der Waals surface area contributed by atoms with Crippen LogP contribution in [0.5, 0.6) is 5.75 Å². The molecule has 6 heteroatoms. The van der Waals surface area contributed by atoms with Crippen LogP contribution in [0.15, 0.2) is 22.7 Å². The number of rotatable bonds is 2. The maximum atomic E-state index is 6.11. The van der Waals surface area contributed by atoms with Gasteiger partial charge in [-0.25, -0.2) is 0 Å². The summed E-state index contributed by atoms with van der Waals surface area (Å²) in [6.07, 6.45) is 0. The lowest BCUT2D eigenvalue weighted by Crippen LogP contribution is -1.96. The molecule has 0 unspecified atom stereocenters. The summed E-state index contributed by atoms with van der Waals surface area (Å²) in [5, 5.41) is 4.83. The van der Waals surface area contributed by atoms with Crippen LogP contribution in [0.2, 0.25) is 5.02 Å². The first-order chi connectivity index (χ1) is 8.02. The Bertz CT molecular complexity index is 549. The summed E-state index contributed by atoms with van der Waals surface area (Å²) in [5.74, 6) is 1.17. The summed E-state index contributed by atoms with van der Waals surface area (Å²) in [7, 11) is 3.36. The van der Waals surface area contributed by atoms with Crippen LogP contribution in [0.25, 0.3) is 11.3 Å². The number of benzene rings is 1. The van der Waals surface area contributed by atoms with E-state index in [-0.39, 0.29) is 0 Å². The zero-order valence-electron chi connectivity index (χ0n) is 9.37. The molecule has 2 aromatic rings. The molecule has 0 aliphatic heterocycles. The molecule has 0 aliphatic carbocycles. The number of nitrogen functional groups attached to an aromatic ring is 1. The van der Waals surface area contributed by atoms with E-state index in [9.17, 15) is 0 Å². The number of halogens is 2. The van der Waals surface area contributed by atoms with Gasteiger partial charge in [0, 0.05) is 23.2 Å². The Hall–Kier alpha value is -1.20. The van der Waals surface area contributed by atoms with Crippen LogP contribution in [-0.2, 0) is 7.05 Å². The first-order valence-electron chi connectivity index (χ1n) is 4.86. The van der Waals surface area contributed by atoms with E-state index >= 15 is 0 Å². The lowest BCUT2D eigenvalue weighted by atomic mass is 10.1. The number of hydrogen-bond acceptors (Lipinski definition) is 3. The Balaban J connectivity index is 2.65. The zero-order chi connectivity index (χ0) is 12.6. The number of ether oxygens (including phenoxy) is 1. The van der Waals surface area contributed by atoms with E-state index < -0.39 is 0 Å². The summed E-state index contributed by atoms with van der Waals surface area (Å²) in [4.78, 5) is 0. The lowest BCUT2D eigenvalue weighted by molar-refractivity contribution is 0.416. The van der Waals surface area contributed by atoms with Gasteiger partial charge in [0.2, 0.25) is 0 Å². The second-order valence-corrected chi connectivity index (χ2v) is 4.87. The Labute approximate surface area is 112 Å². The SMILES string of the molecule is COc1c(Cl)cc(Br)cc1-c1cc(N)n(C)n1. The molecule has 0 spiro atoms. The molecule has 0 fully saturated rings. The average molecular weight is 317 g/mol. The van der Waals surface area contributed by atoms with Crippen LogP contribution in [0.3, 0.4) is 0 Å². The van der Waals surface area contributed by atoms with Crippen LogP contribution >= 0.6 is 27.5 Å². The van der Waals surface area contributed by atoms with Gasteiger partial charge in [0.05, 0.1) is 17.8 Å². The maximum Gasteiger partial charge on any atom is 0.146 e. The number of aromatic nitrogens is 2. The molecule has 2 rings (SSSR count). The van der Waals surface area contributed by atoms with Crippen LogP contribution in [0, 0.1) is 0 Å². The van der Waals surface area contributed by atoms with Gasteiger partial charge in [-0.1, -0.05) is 27.5 Å². The minimum Gasteiger partial charge on any atom is -0.494 e. The number of hydrogen-bond donors (Lipinski definition) is 1. The summed E-state index contributed by atoms with van der Waals surface area (Å²) < 4.78 is 7.76. The number of anilines is 1. The number of aryl methyl sites for hydroxylation is 1. The fraction of sp³-hybridized carbons (Fsp3) is 0.182. The molecule has 4 nitrogen and oxygen atoms in total. The molecule has 0 saturated carbocycles. The highest BCUT2D eigenvalue weighted by molar-refractivity contribution is 9.10. The van der Waals surface area contributed by atoms with Gasteiger partial charge in [0.15, 0.2) is 0 Å². The molecule has 1 heterocycles. The summed E-state index contributed by atoms with van der Waals surface area (Å²) in [6, 6.07) is 5.45. The third-order valence-electron chi connectivity index (χ3n) is 2.40. The lowest BCUT2D eigenvalue weighted by Gasteiger charge is -2.09. The molecule has 0 radical (unpaired) electrons. The summed E-state index contributed by atoms with van der Waals surface area (Å²) in [6.45, 7) is 0. The normalized spacial score (nSPS) is 10.6. The van der Waals surface area contributed by atoms with E-state index in [0.717, 1.165) is 15.7 Å². The molecule has 17 heavy (non-hydrogen) atoms. The van der Waals surface area contributed by atoms with E-state index in [4.69, 9.17) is 22.1 Å². The molecule has 1 aromatic carbocycles. The van der Waals surface area contributed by atoms with Crippen LogP contribution in [-0.4, -0.2) is 16.9 Å². The van der Waals surface area contributed by atoms with Crippen molar-refractivity contribution in [3.05, 3.63) is 27.7 Å². The molecule has 0 aliphatic rings. The molecule has 90 valence electrons. The van der Waals surface area contributed by atoms with Crippen molar-refractivity contribution in [1.82, 2.24) is 9.78 Å². The van der Waals surface area contributed by atoms with E-state index in [2.05, 4.69) is 21.0 Å². The Morgan fingerprint density at radius 2 is 2.12 bits per heavy atom. The third kappa shape index (κ3) is 2.25. The molecule has 2 N–H and O–H groups in total. The number of methoxy groups -OCH3 is 1. The van der Waals surface area contributed by atoms with Crippen molar-refractivity contribution in [1.29, 1.82) is 0 Å². The average Bonchev–Trinajstić information content (AvgIpc) is 2.58.